The molecule has 2 aromatic carbocycles. The van der Waals surface area contributed by atoms with E-state index in [4.69, 9.17) is 4.74 Å². The quantitative estimate of drug-likeness (QED) is 0.702. The number of hydrogen-bond acceptors (Lipinski definition) is 3. The number of hydrogen-bond donors (Lipinski definition) is 2. The topological polar surface area (TPSA) is 33.3 Å². The van der Waals surface area contributed by atoms with Crippen LogP contribution in [0.25, 0.3) is 0 Å². The molecule has 2 aromatic rings. The zero-order valence-corrected chi connectivity index (χ0v) is 13.7. The molecule has 0 radical (unpaired) electrons. The summed E-state index contributed by atoms with van der Waals surface area (Å²) in [5.74, 6) is 1.65. The van der Waals surface area contributed by atoms with Gasteiger partial charge >= 0.3 is 0 Å². The van der Waals surface area contributed by atoms with E-state index >= 15 is 0 Å². The van der Waals surface area contributed by atoms with Crippen molar-refractivity contribution in [3.05, 3.63) is 59.7 Å². The molecular weight excluding hydrogens is 272 g/mol. The highest BCUT2D eigenvalue weighted by Crippen LogP contribution is 2.20. The molecule has 0 aliphatic heterocycles. The van der Waals surface area contributed by atoms with Crippen LogP contribution in [0.3, 0.4) is 0 Å². The number of nitrogens with one attached hydrogen (secondary N) is 2. The molecule has 0 bridgehead atoms. The molecule has 0 saturated carbocycles. The van der Waals surface area contributed by atoms with Crippen LogP contribution in [-0.2, 0) is 6.54 Å². The Hall–Kier alpha value is -2.00. The van der Waals surface area contributed by atoms with Gasteiger partial charge in [0.15, 0.2) is 0 Å². The van der Waals surface area contributed by atoms with Crippen molar-refractivity contribution < 1.29 is 4.74 Å². The smallest absolute Gasteiger partial charge is 0.122 e. The van der Waals surface area contributed by atoms with Crippen LogP contribution in [0.5, 0.6) is 5.75 Å². The fourth-order valence-electron chi connectivity index (χ4n) is 2.08. The van der Waals surface area contributed by atoms with Crippen LogP contribution in [0.2, 0.25) is 0 Å². The van der Waals surface area contributed by atoms with Gasteiger partial charge in [0.1, 0.15) is 5.75 Å². The number of aryl methyl sites for hydroxylation is 1. The van der Waals surface area contributed by atoms with E-state index in [9.17, 15) is 0 Å². The van der Waals surface area contributed by atoms with Crippen LogP contribution in [-0.4, -0.2) is 6.61 Å². The largest absolute Gasteiger partial charge is 0.493 e. The van der Waals surface area contributed by atoms with Gasteiger partial charge in [-0.25, -0.2) is 5.43 Å². The van der Waals surface area contributed by atoms with E-state index in [0.29, 0.717) is 5.92 Å². The van der Waals surface area contributed by atoms with Crippen LogP contribution >= 0.6 is 0 Å². The third-order valence-corrected chi connectivity index (χ3v) is 3.50. The lowest BCUT2D eigenvalue weighted by molar-refractivity contribution is 0.287. The van der Waals surface area contributed by atoms with Gasteiger partial charge < -0.3 is 10.2 Å². The Bertz CT molecular complexity index is 567. The van der Waals surface area contributed by atoms with Crippen LogP contribution in [0.1, 0.15) is 31.4 Å². The van der Waals surface area contributed by atoms with Gasteiger partial charge in [0.2, 0.25) is 0 Å². The van der Waals surface area contributed by atoms with Gasteiger partial charge in [-0.1, -0.05) is 44.2 Å². The summed E-state index contributed by atoms with van der Waals surface area (Å²) >= 11 is 0. The van der Waals surface area contributed by atoms with Crippen molar-refractivity contribution in [1.29, 1.82) is 0 Å². The zero-order chi connectivity index (χ0) is 15.8. The summed E-state index contributed by atoms with van der Waals surface area (Å²) in [6, 6.07) is 16.5. The molecule has 0 amide bonds. The van der Waals surface area contributed by atoms with Gasteiger partial charge in [0, 0.05) is 12.2 Å². The summed E-state index contributed by atoms with van der Waals surface area (Å²) in [5.41, 5.74) is 9.87. The molecule has 0 aromatic heterocycles. The molecule has 3 heteroatoms. The van der Waals surface area contributed by atoms with E-state index in [2.05, 4.69) is 49.8 Å². The third-order valence-electron chi connectivity index (χ3n) is 3.50. The van der Waals surface area contributed by atoms with E-state index in [-0.39, 0.29) is 0 Å². The second-order valence-corrected chi connectivity index (χ2v) is 5.98. The van der Waals surface area contributed by atoms with Crippen molar-refractivity contribution in [3.63, 3.8) is 0 Å². The number of para-hydroxylation sites is 1. The first-order chi connectivity index (χ1) is 10.6. The highest BCUT2D eigenvalue weighted by atomic mass is 16.5. The summed E-state index contributed by atoms with van der Waals surface area (Å²) in [6.45, 7) is 8.04. The van der Waals surface area contributed by atoms with Gasteiger partial charge in [0.05, 0.1) is 6.61 Å². The Morgan fingerprint density at radius 1 is 1.05 bits per heavy atom. The number of rotatable bonds is 8. The van der Waals surface area contributed by atoms with Crippen molar-refractivity contribution in [1.82, 2.24) is 5.43 Å². The normalized spacial score (nSPS) is 10.7. The average Bonchev–Trinajstić information content (AvgIpc) is 2.51. The molecule has 22 heavy (non-hydrogen) atoms. The van der Waals surface area contributed by atoms with Gasteiger partial charge in [-0.2, -0.15) is 0 Å². The predicted molar refractivity (Wildman–Crippen MR) is 93.0 cm³/mol. The molecule has 3 nitrogen and oxygen atoms in total. The molecule has 0 fully saturated rings. The lowest BCUT2D eigenvalue weighted by atomic mass is 10.1. The molecule has 2 N–H and O–H groups in total. The first-order valence-corrected chi connectivity index (χ1v) is 7.91. The first-order valence-electron chi connectivity index (χ1n) is 7.91. The third kappa shape index (κ3) is 5.41. The summed E-state index contributed by atoms with van der Waals surface area (Å²) in [4.78, 5) is 0. The van der Waals surface area contributed by atoms with E-state index in [1.54, 1.807) is 0 Å². The fourth-order valence-corrected chi connectivity index (χ4v) is 2.08. The van der Waals surface area contributed by atoms with Crippen molar-refractivity contribution in [2.75, 3.05) is 12.0 Å². The summed E-state index contributed by atoms with van der Waals surface area (Å²) in [5, 5.41) is 0. The van der Waals surface area contributed by atoms with Crippen molar-refractivity contribution >= 4 is 5.69 Å². The van der Waals surface area contributed by atoms with E-state index in [1.807, 2.05) is 30.3 Å². The minimum absolute atomic E-state index is 0.667. The molecule has 0 aliphatic carbocycles. The fraction of sp³-hybridized carbons (Fsp3) is 0.368. The molecule has 0 aliphatic rings. The highest BCUT2D eigenvalue weighted by molar-refractivity contribution is 5.41. The van der Waals surface area contributed by atoms with E-state index in [0.717, 1.165) is 31.0 Å². The lowest BCUT2D eigenvalue weighted by Crippen LogP contribution is -2.20. The van der Waals surface area contributed by atoms with Crippen molar-refractivity contribution in [3.8, 4) is 5.75 Å². The Kier molecular flexibility index (Phi) is 6.28. The molecule has 2 rings (SSSR count). The van der Waals surface area contributed by atoms with Gasteiger partial charge in [-0.3, -0.25) is 0 Å². The minimum atomic E-state index is 0.667. The predicted octanol–water partition coefficient (Wildman–Crippen LogP) is 4.54. The number of hydrazine groups is 1. The number of benzene rings is 2. The van der Waals surface area contributed by atoms with Crippen LogP contribution in [0.15, 0.2) is 48.5 Å². The second-order valence-electron chi connectivity index (χ2n) is 5.98. The Balaban J connectivity index is 1.86. The van der Waals surface area contributed by atoms with Crippen LogP contribution in [0, 0.1) is 12.8 Å². The van der Waals surface area contributed by atoms with Crippen molar-refractivity contribution in [2.24, 2.45) is 5.92 Å². The maximum atomic E-state index is 5.90. The summed E-state index contributed by atoms with van der Waals surface area (Å²) < 4.78 is 5.90. The Morgan fingerprint density at radius 2 is 1.82 bits per heavy atom. The lowest BCUT2D eigenvalue weighted by Gasteiger charge is -2.13. The molecule has 0 spiro atoms. The first kappa shape index (κ1) is 16.4. The number of anilines is 1. The average molecular weight is 298 g/mol. The highest BCUT2D eigenvalue weighted by Gasteiger charge is 2.03. The van der Waals surface area contributed by atoms with Gasteiger partial charge in [-0.15, -0.1) is 0 Å². The van der Waals surface area contributed by atoms with E-state index in [1.165, 1.54) is 11.1 Å². The van der Waals surface area contributed by atoms with Gasteiger partial charge in [0.25, 0.3) is 0 Å². The second kappa shape index (κ2) is 8.44. The molecule has 0 saturated heterocycles. The van der Waals surface area contributed by atoms with Crippen LogP contribution < -0.4 is 15.6 Å². The standard InChI is InChI=1S/C19H26N2O/c1-15(2)11-12-22-19-13-17(10-9-16(19)3)14-20-21-18-7-5-4-6-8-18/h4-10,13,15,20-21H,11-12,14H2,1-3H3. The maximum absolute atomic E-state index is 5.90. The molecular formula is C19H26N2O. The molecule has 0 atom stereocenters. The Labute approximate surface area is 133 Å². The molecule has 0 heterocycles. The van der Waals surface area contributed by atoms with Crippen molar-refractivity contribution in [2.45, 2.75) is 33.7 Å². The SMILES string of the molecule is Cc1ccc(CNNc2ccccc2)cc1OCCC(C)C. The molecule has 0 unspecified atom stereocenters. The Morgan fingerprint density at radius 3 is 2.55 bits per heavy atom. The minimum Gasteiger partial charge on any atom is -0.493 e. The maximum Gasteiger partial charge on any atom is 0.122 e. The summed E-state index contributed by atoms with van der Waals surface area (Å²) in [7, 11) is 0. The molecule has 118 valence electrons. The zero-order valence-electron chi connectivity index (χ0n) is 13.7. The monoisotopic (exact) mass is 298 g/mol. The summed E-state index contributed by atoms with van der Waals surface area (Å²) in [6.07, 6.45) is 1.08. The number of ether oxygens (including phenoxy) is 1. The van der Waals surface area contributed by atoms with E-state index < -0.39 is 0 Å². The van der Waals surface area contributed by atoms with Crippen LogP contribution in [0.4, 0.5) is 5.69 Å². The van der Waals surface area contributed by atoms with Gasteiger partial charge in [-0.05, 0) is 48.6 Å².